The van der Waals surface area contributed by atoms with E-state index in [2.05, 4.69) is 28.6 Å². The van der Waals surface area contributed by atoms with Crippen LogP contribution in [0.25, 0.3) is 21.5 Å². The quantitative estimate of drug-likeness (QED) is 0.671. The van der Waals surface area contributed by atoms with Crippen LogP contribution in [0.1, 0.15) is 5.56 Å². The van der Waals surface area contributed by atoms with Gasteiger partial charge in [-0.25, -0.2) is 0 Å². The van der Waals surface area contributed by atoms with Crippen LogP contribution in [0, 0.1) is 11.3 Å². The van der Waals surface area contributed by atoms with Crippen LogP contribution in [0.5, 0.6) is 0 Å². The lowest BCUT2D eigenvalue weighted by Crippen LogP contribution is -1.72. The molecule has 0 amide bonds. The van der Waals surface area contributed by atoms with Gasteiger partial charge in [0.05, 0.1) is 22.2 Å². The van der Waals surface area contributed by atoms with Crippen LogP contribution in [0.3, 0.4) is 0 Å². The molecule has 1 N–H and O–H groups in total. The molecule has 0 aliphatic heterocycles. The second-order valence-corrected chi connectivity index (χ2v) is 4.52. The summed E-state index contributed by atoms with van der Waals surface area (Å²) in [6.07, 6.45) is 0. The predicted molar refractivity (Wildman–Crippen MR) is 66.3 cm³/mol. The molecular formula is C13H8N2S. The molecule has 0 radical (unpaired) electrons. The third-order valence-corrected chi connectivity index (χ3v) is 3.44. The van der Waals surface area contributed by atoms with Gasteiger partial charge in [-0.1, -0.05) is 6.07 Å². The number of rotatable bonds is 1. The summed E-state index contributed by atoms with van der Waals surface area (Å²) < 4.78 is 0. The molecule has 0 saturated heterocycles. The van der Waals surface area contributed by atoms with Crippen molar-refractivity contribution in [2.75, 3.05) is 0 Å². The molecule has 0 fully saturated rings. The summed E-state index contributed by atoms with van der Waals surface area (Å²) in [7, 11) is 0. The van der Waals surface area contributed by atoms with E-state index in [9.17, 15) is 0 Å². The first-order chi connectivity index (χ1) is 7.86. The zero-order chi connectivity index (χ0) is 11.0. The molecular weight excluding hydrogens is 216 g/mol. The molecule has 0 unspecified atom stereocenters. The van der Waals surface area contributed by atoms with Gasteiger partial charge in [0.15, 0.2) is 0 Å². The standard InChI is InChI=1S/C13H8N2S/c14-8-9-3-4-11-10(6-9)7-12(15-11)13-2-1-5-16-13/h1-7,15H. The van der Waals surface area contributed by atoms with E-state index in [0.717, 1.165) is 16.6 Å². The van der Waals surface area contributed by atoms with E-state index in [1.54, 1.807) is 11.3 Å². The lowest BCUT2D eigenvalue weighted by atomic mass is 10.2. The molecule has 0 aliphatic rings. The summed E-state index contributed by atoms with van der Waals surface area (Å²) in [6, 6.07) is 14.0. The number of benzene rings is 1. The number of thiophene rings is 1. The van der Waals surface area contributed by atoms with Crippen molar-refractivity contribution < 1.29 is 0 Å². The van der Waals surface area contributed by atoms with Gasteiger partial charge in [0.25, 0.3) is 0 Å². The highest BCUT2D eigenvalue weighted by Gasteiger charge is 2.04. The Morgan fingerprint density at radius 3 is 2.88 bits per heavy atom. The fraction of sp³-hybridized carbons (Fsp3) is 0. The number of aromatic nitrogens is 1. The van der Waals surface area contributed by atoms with Crippen LogP contribution in [-0.2, 0) is 0 Å². The Hall–Kier alpha value is -2.05. The zero-order valence-electron chi connectivity index (χ0n) is 8.40. The lowest BCUT2D eigenvalue weighted by Gasteiger charge is -1.89. The maximum atomic E-state index is 8.83. The monoisotopic (exact) mass is 224 g/mol. The van der Waals surface area contributed by atoms with Gasteiger partial charge in [-0.3, -0.25) is 0 Å². The summed E-state index contributed by atoms with van der Waals surface area (Å²) in [5.74, 6) is 0. The van der Waals surface area contributed by atoms with Gasteiger partial charge >= 0.3 is 0 Å². The van der Waals surface area contributed by atoms with Crippen LogP contribution in [0.15, 0.2) is 41.8 Å². The lowest BCUT2D eigenvalue weighted by molar-refractivity contribution is 1.47. The first kappa shape index (κ1) is 9.20. The maximum Gasteiger partial charge on any atom is 0.0991 e. The van der Waals surface area contributed by atoms with Crippen LogP contribution in [-0.4, -0.2) is 4.98 Å². The minimum atomic E-state index is 0.698. The van der Waals surface area contributed by atoms with E-state index < -0.39 is 0 Å². The Balaban J connectivity index is 2.20. The van der Waals surface area contributed by atoms with Gasteiger partial charge in [-0.2, -0.15) is 5.26 Å². The molecule has 0 aliphatic carbocycles. The molecule has 2 aromatic heterocycles. The molecule has 0 bridgehead atoms. The van der Waals surface area contributed by atoms with Gasteiger partial charge in [0, 0.05) is 10.9 Å². The average molecular weight is 224 g/mol. The number of hydrogen-bond donors (Lipinski definition) is 1. The number of nitriles is 1. The third kappa shape index (κ3) is 1.40. The van der Waals surface area contributed by atoms with E-state index in [4.69, 9.17) is 5.26 Å². The molecule has 0 saturated carbocycles. The fourth-order valence-electron chi connectivity index (χ4n) is 1.77. The SMILES string of the molecule is N#Cc1ccc2[nH]c(-c3cccs3)cc2c1. The highest BCUT2D eigenvalue weighted by Crippen LogP contribution is 2.27. The minimum absolute atomic E-state index is 0.698. The largest absolute Gasteiger partial charge is 0.354 e. The van der Waals surface area contributed by atoms with Crippen molar-refractivity contribution in [3.63, 3.8) is 0 Å². The summed E-state index contributed by atoms with van der Waals surface area (Å²) in [6.45, 7) is 0. The normalized spacial score (nSPS) is 10.4. The molecule has 3 aromatic rings. The second kappa shape index (κ2) is 3.51. The molecule has 16 heavy (non-hydrogen) atoms. The summed E-state index contributed by atoms with van der Waals surface area (Å²) in [5.41, 5.74) is 2.88. The van der Waals surface area contributed by atoms with E-state index in [1.807, 2.05) is 24.3 Å². The van der Waals surface area contributed by atoms with Crippen LogP contribution in [0.4, 0.5) is 0 Å². The van der Waals surface area contributed by atoms with Gasteiger partial charge < -0.3 is 4.98 Å². The van der Waals surface area contributed by atoms with E-state index in [0.29, 0.717) is 5.56 Å². The minimum Gasteiger partial charge on any atom is -0.354 e. The number of fused-ring (bicyclic) bond motifs is 1. The number of H-pyrrole nitrogens is 1. The predicted octanol–water partition coefficient (Wildman–Crippen LogP) is 3.77. The highest BCUT2D eigenvalue weighted by molar-refractivity contribution is 7.13. The van der Waals surface area contributed by atoms with Gasteiger partial charge in [-0.15, -0.1) is 11.3 Å². The highest BCUT2D eigenvalue weighted by atomic mass is 32.1. The van der Waals surface area contributed by atoms with E-state index in [1.165, 1.54) is 4.88 Å². The fourth-order valence-corrected chi connectivity index (χ4v) is 2.46. The molecule has 2 nitrogen and oxygen atoms in total. The third-order valence-electron chi connectivity index (χ3n) is 2.54. The average Bonchev–Trinajstić information content (AvgIpc) is 2.96. The second-order valence-electron chi connectivity index (χ2n) is 3.57. The molecule has 76 valence electrons. The van der Waals surface area contributed by atoms with Gasteiger partial charge in [0.2, 0.25) is 0 Å². The Kier molecular flexibility index (Phi) is 2.02. The maximum absolute atomic E-state index is 8.83. The molecule has 3 heteroatoms. The molecule has 1 aromatic carbocycles. The number of hydrogen-bond acceptors (Lipinski definition) is 2. The zero-order valence-corrected chi connectivity index (χ0v) is 9.21. The van der Waals surface area contributed by atoms with Crippen molar-refractivity contribution in [3.05, 3.63) is 47.3 Å². The summed E-state index contributed by atoms with van der Waals surface area (Å²) in [4.78, 5) is 4.57. The van der Waals surface area contributed by atoms with Crippen LogP contribution >= 0.6 is 11.3 Å². The smallest absolute Gasteiger partial charge is 0.0991 e. The Bertz CT molecular complexity index is 672. The first-order valence-electron chi connectivity index (χ1n) is 4.93. The van der Waals surface area contributed by atoms with Crippen LogP contribution in [0.2, 0.25) is 0 Å². The molecule has 2 heterocycles. The summed E-state index contributed by atoms with van der Waals surface area (Å²) >= 11 is 1.70. The first-order valence-corrected chi connectivity index (χ1v) is 5.81. The Labute approximate surface area is 96.8 Å². The van der Waals surface area contributed by atoms with Crippen molar-refractivity contribution in [1.82, 2.24) is 4.98 Å². The van der Waals surface area contributed by atoms with Crippen molar-refractivity contribution in [2.45, 2.75) is 0 Å². The van der Waals surface area contributed by atoms with Crippen molar-refractivity contribution in [2.24, 2.45) is 0 Å². The number of aromatic amines is 1. The molecule has 0 spiro atoms. The van der Waals surface area contributed by atoms with Crippen molar-refractivity contribution in [1.29, 1.82) is 5.26 Å². The summed E-state index contributed by atoms with van der Waals surface area (Å²) in [5, 5.41) is 12.0. The molecule has 3 rings (SSSR count). The van der Waals surface area contributed by atoms with Crippen molar-refractivity contribution >= 4 is 22.2 Å². The van der Waals surface area contributed by atoms with E-state index in [-0.39, 0.29) is 0 Å². The molecule has 0 atom stereocenters. The van der Waals surface area contributed by atoms with E-state index >= 15 is 0 Å². The Morgan fingerprint density at radius 2 is 2.12 bits per heavy atom. The number of nitrogens with zero attached hydrogens (tertiary/aromatic N) is 1. The van der Waals surface area contributed by atoms with Crippen LogP contribution < -0.4 is 0 Å². The van der Waals surface area contributed by atoms with Crippen molar-refractivity contribution in [3.8, 4) is 16.6 Å². The Morgan fingerprint density at radius 1 is 1.19 bits per heavy atom. The van der Waals surface area contributed by atoms with Gasteiger partial charge in [0.1, 0.15) is 0 Å². The van der Waals surface area contributed by atoms with Gasteiger partial charge in [-0.05, 0) is 35.7 Å². The number of nitrogens with one attached hydrogen (secondary N) is 1. The topological polar surface area (TPSA) is 39.6 Å².